The van der Waals surface area contributed by atoms with Gasteiger partial charge in [-0.3, -0.25) is 4.90 Å². The maximum atomic E-state index is 5.77. The second-order valence-electron chi connectivity index (χ2n) is 5.37. The smallest absolute Gasteiger partial charge is 0.119 e. The minimum atomic E-state index is 0.753. The van der Waals surface area contributed by atoms with E-state index in [4.69, 9.17) is 9.47 Å². The van der Waals surface area contributed by atoms with Gasteiger partial charge in [-0.25, -0.2) is 0 Å². The van der Waals surface area contributed by atoms with Crippen LogP contribution >= 0.6 is 0 Å². The number of methoxy groups -OCH3 is 1. The van der Waals surface area contributed by atoms with E-state index in [1.165, 1.54) is 25.9 Å². The topological polar surface area (TPSA) is 33.7 Å². The summed E-state index contributed by atoms with van der Waals surface area (Å²) in [6.07, 6.45) is 2.59. The van der Waals surface area contributed by atoms with Crippen LogP contribution in [0.15, 0.2) is 24.3 Å². The van der Waals surface area contributed by atoms with E-state index in [0.29, 0.717) is 0 Å². The lowest BCUT2D eigenvalue weighted by Crippen LogP contribution is -2.38. The Kier molecular flexibility index (Phi) is 6.15. The molecule has 0 aliphatic carbocycles. The van der Waals surface area contributed by atoms with Gasteiger partial charge >= 0.3 is 0 Å². The molecule has 1 aromatic carbocycles. The van der Waals surface area contributed by atoms with E-state index in [1.54, 1.807) is 7.11 Å². The van der Waals surface area contributed by atoms with Crippen molar-refractivity contribution < 1.29 is 9.47 Å². The summed E-state index contributed by atoms with van der Waals surface area (Å²) in [5.41, 5.74) is 0. The Morgan fingerprint density at radius 3 is 2.40 bits per heavy atom. The first-order valence-electron chi connectivity index (χ1n) is 7.45. The molecule has 0 aromatic heterocycles. The van der Waals surface area contributed by atoms with Crippen molar-refractivity contribution in [3.05, 3.63) is 24.3 Å². The number of nitrogens with zero attached hydrogens (tertiary/aromatic N) is 1. The Morgan fingerprint density at radius 2 is 1.80 bits per heavy atom. The van der Waals surface area contributed by atoms with Crippen LogP contribution in [0.3, 0.4) is 0 Å². The highest BCUT2D eigenvalue weighted by atomic mass is 16.5. The number of likely N-dealkylation sites (tertiary alicyclic amines) is 1. The molecule has 0 spiro atoms. The third-order valence-electron chi connectivity index (χ3n) is 3.94. The summed E-state index contributed by atoms with van der Waals surface area (Å²) in [7, 11) is 3.71. The molecule has 1 aliphatic heterocycles. The molecule has 1 aliphatic rings. The summed E-state index contributed by atoms with van der Waals surface area (Å²) in [6, 6.07) is 7.77. The number of hydrogen-bond donors (Lipinski definition) is 1. The summed E-state index contributed by atoms with van der Waals surface area (Å²) in [5, 5.41) is 3.27. The van der Waals surface area contributed by atoms with Crippen LogP contribution in [0.4, 0.5) is 0 Å². The fourth-order valence-electron chi connectivity index (χ4n) is 2.67. The van der Waals surface area contributed by atoms with Crippen LogP contribution in [0.2, 0.25) is 0 Å². The summed E-state index contributed by atoms with van der Waals surface area (Å²) in [6.45, 7) is 5.30. The number of nitrogens with one attached hydrogen (secondary N) is 1. The van der Waals surface area contributed by atoms with Crippen molar-refractivity contribution in [2.75, 3.05) is 46.9 Å². The highest BCUT2D eigenvalue weighted by Crippen LogP contribution is 2.18. The Hall–Kier alpha value is -1.26. The van der Waals surface area contributed by atoms with Crippen LogP contribution in [0.1, 0.15) is 12.8 Å². The molecule has 1 N–H and O–H groups in total. The van der Waals surface area contributed by atoms with Crippen LogP contribution in [0.5, 0.6) is 11.5 Å². The van der Waals surface area contributed by atoms with E-state index >= 15 is 0 Å². The minimum Gasteiger partial charge on any atom is -0.497 e. The van der Waals surface area contributed by atoms with Gasteiger partial charge in [0.05, 0.1) is 7.11 Å². The Morgan fingerprint density at radius 1 is 1.15 bits per heavy atom. The molecule has 1 heterocycles. The average Bonchev–Trinajstić information content (AvgIpc) is 2.50. The molecule has 4 nitrogen and oxygen atoms in total. The van der Waals surface area contributed by atoms with E-state index < -0.39 is 0 Å². The first-order chi connectivity index (χ1) is 9.81. The summed E-state index contributed by atoms with van der Waals surface area (Å²) in [4.78, 5) is 2.50. The molecule has 1 aromatic rings. The van der Waals surface area contributed by atoms with Crippen LogP contribution in [0.25, 0.3) is 0 Å². The van der Waals surface area contributed by atoms with Gasteiger partial charge in [-0.15, -0.1) is 0 Å². The molecule has 1 saturated heterocycles. The van der Waals surface area contributed by atoms with Crippen LogP contribution in [0, 0.1) is 5.92 Å². The zero-order valence-electron chi connectivity index (χ0n) is 12.6. The van der Waals surface area contributed by atoms with Crippen LogP contribution in [-0.2, 0) is 0 Å². The second kappa shape index (κ2) is 8.12. The van der Waals surface area contributed by atoms with E-state index in [2.05, 4.69) is 10.2 Å². The predicted octanol–water partition coefficient (Wildman–Crippen LogP) is 2.01. The van der Waals surface area contributed by atoms with Gasteiger partial charge in [0.2, 0.25) is 0 Å². The van der Waals surface area contributed by atoms with E-state index in [-0.39, 0.29) is 0 Å². The van der Waals surface area contributed by atoms with E-state index in [9.17, 15) is 0 Å². The van der Waals surface area contributed by atoms with Crippen molar-refractivity contribution in [1.82, 2.24) is 10.2 Å². The zero-order valence-corrected chi connectivity index (χ0v) is 12.6. The largest absolute Gasteiger partial charge is 0.497 e. The molecule has 1 fully saturated rings. The molecule has 0 radical (unpaired) electrons. The van der Waals surface area contributed by atoms with Crippen molar-refractivity contribution in [1.29, 1.82) is 0 Å². The first kappa shape index (κ1) is 15.1. The van der Waals surface area contributed by atoms with Crippen LogP contribution in [-0.4, -0.2) is 51.8 Å². The summed E-state index contributed by atoms with van der Waals surface area (Å²) >= 11 is 0. The van der Waals surface area contributed by atoms with Gasteiger partial charge in [-0.2, -0.15) is 0 Å². The SMILES string of the molecule is CNCC1CCN(CCOc2ccc(OC)cc2)CC1. The van der Waals surface area contributed by atoms with Gasteiger partial charge in [-0.1, -0.05) is 0 Å². The molecule has 0 atom stereocenters. The molecule has 0 saturated carbocycles. The van der Waals surface area contributed by atoms with Crippen molar-refractivity contribution >= 4 is 0 Å². The second-order valence-corrected chi connectivity index (χ2v) is 5.37. The number of benzene rings is 1. The number of piperidine rings is 1. The predicted molar refractivity (Wildman–Crippen MR) is 81.6 cm³/mol. The average molecular weight is 278 g/mol. The van der Waals surface area contributed by atoms with Crippen molar-refractivity contribution in [2.45, 2.75) is 12.8 Å². The monoisotopic (exact) mass is 278 g/mol. The fourth-order valence-corrected chi connectivity index (χ4v) is 2.67. The first-order valence-corrected chi connectivity index (χ1v) is 7.45. The van der Waals surface area contributed by atoms with E-state index in [1.807, 2.05) is 31.3 Å². The lowest BCUT2D eigenvalue weighted by molar-refractivity contribution is 0.154. The molecule has 4 heteroatoms. The van der Waals surface area contributed by atoms with Gasteiger partial charge in [0.25, 0.3) is 0 Å². The van der Waals surface area contributed by atoms with Crippen molar-refractivity contribution in [3.63, 3.8) is 0 Å². The van der Waals surface area contributed by atoms with Crippen molar-refractivity contribution in [2.24, 2.45) is 5.92 Å². The Bertz CT molecular complexity index is 373. The summed E-state index contributed by atoms with van der Waals surface area (Å²) in [5.74, 6) is 2.62. The summed E-state index contributed by atoms with van der Waals surface area (Å²) < 4.78 is 10.9. The lowest BCUT2D eigenvalue weighted by atomic mass is 9.97. The fraction of sp³-hybridized carbons (Fsp3) is 0.625. The van der Waals surface area contributed by atoms with E-state index in [0.717, 1.165) is 37.1 Å². The molecule has 112 valence electrons. The third-order valence-corrected chi connectivity index (χ3v) is 3.94. The number of rotatable bonds is 7. The number of hydrogen-bond acceptors (Lipinski definition) is 4. The third kappa shape index (κ3) is 4.69. The van der Waals surface area contributed by atoms with Gasteiger partial charge < -0.3 is 14.8 Å². The van der Waals surface area contributed by atoms with Crippen LogP contribution < -0.4 is 14.8 Å². The normalized spacial score (nSPS) is 17.1. The minimum absolute atomic E-state index is 0.753. The molecule has 2 rings (SSSR count). The standard InChI is InChI=1S/C16H26N2O2/c1-17-13-14-7-9-18(10-8-14)11-12-20-16-5-3-15(19-2)4-6-16/h3-6,14,17H,7-13H2,1-2H3. The van der Waals surface area contributed by atoms with Crippen molar-refractivity contribution in [3.8, 4) is 11.5 Å². The number of ether oxygens (including phenoxy) is 2. The highest BCUT2D eigenvalue weighted by molar-refractivity contribution is 5.31. The maximum absolute atomic E-state index is 5.77. The molecular formula is C16H26N2O2. The zero-order chi connectivity index (χ0) is 14.2. The van der Waals surface area contributed by atoms with Gasteiger partial charge in [0.1, 0.15) is 18.1 Å². The maximum Gasteiger partial charge on any atom is 0.119 e. The highest BCUT2D eigenvalue weighted by Gasteiger charge is 2.18. The van der Waals surface area contributed by atoms with Gasteiger partial charge in [-0.05, 0) is 69.7 Å². The molecule has 0 bridgehead atoms. The Labute approximate surface area is 122 Å². The van der Waals surface area contributed by atoms with Gasteiger partial charge in [0.15, 0.2) is 0 Å². The molecule has 0 amide bonds. The molecular weight excluding hydrogens is 252 g/mol. The van der Waals surface area contributed by atoms with Gasteiger partial charge in [0, 0.05) is 6.54 Å². The quantitative estimate of drug-likeness (QED) is 0.827. The Balaban J connectivity index is 1.63. The lowest BCUT2D eigenvalue weighted by Gasteiger charge is -2.31. The molecule has 0 unspecified atom stereocenters. The molecule has 20 heavy (non-hydrogen) atoms.